The van der Waals surface area contributed by atoms with E-state index in [1.807, 2.05) is 30.5 Å². The van der Waals surface area contributed by atoms with Gasteiger partial charge in [-0.05, 0) is 18.6 Å². The van der Waals surface area contributed by atoms with E-state index in [-0.39, 0.29) is 0 Å². The van der Waals surface area contributed by atoms with E-state index in [0.29, 0.717) is 0 Å². The molecule has 0 radical (unpaired) electrons. The minimum atomic E-state index is -4.67. The SMILES string of the molecule is CCCCN1C=CN(C)C1.O=S(=O)(O)O.c1ccc2ncccc2c1. The lowest BCUT2D eigenvalue weighted by Gasteiger charge is -2.17. The molecular formula is C17H25N3O4S. The zero-order chi connectivity index (χ0) is 18.7. The van der Waals surface area contributed by atoms with E-state index < -0.39 is 10.4 Å². The number of para-hydroxylation sites is 1. The average molecular weight is 367 g/mol. The van der Waals surface area contributed by atoms with Gasteiger partial charge in [-0.2, -0.15) is 8.42 Å². The molecule has 0 unspecified atom stereocenters. The number of rotatable bonds is 3. The second-order valence-corrected chi connectivity index (χ2v) is 6.40. The molecule has 2 N–H and O–H groups in total. The molecule has 0 saturated carbocycles. The predicted octanol–water partition coefficient (Wildman–Crippen LogP) is 3.04. The lowest BCUT2D eigenvalue weighted by atomic mass is 10.2. The molecule has 2 aromatic rings. The maximum absolute atomic E-state index is 8.74. The second-order valence-electron chi connectivity index (χ2n) is 5.51. The van der Waals surface area contributed by atoms with Crippen molar-refractivity contribution < 1.29 is 17.5 Å². The number of aromatic nitrogens is 1. The van der Waals surface area contributed by atoms with Crippen LogP contribution in [0.25, 0.3) is 10.9 Å². The number of hydrogen-bond donors (Lipinski definition) is 2. The van der Waals surface area contributed by atoms with Gasteiger partial charge in [0.25, 0.3) is 0 Å². The van der Waals surface area contributed by atoms with Crippen molar-refractivity contribution in [1.29, 1.82) is 0 Å². The van der Waals surface area contributed by atoms with Gasteiger partial charge in [0.05, 0.1) is 12.2 Å². The maximum atomic E-state index is 8.74. The van der Waals surface area contributed by atoms with Crippen molar-refractivity contribution in [3.05, 3.63) is 55.0 Å². The Labute approximate surface area is 149 Å². The molecule has 0 atom stereocenters. The summed E-state index contributed by atoms with van der Waals surface area (Å²) in [5.74, 6) is 0. The lowest BCUT2D eigenvalue weighted by Crippen LogP contribution is -2.23. The topological polar surface area (TPSA) is 94.0 Å². The molecule has 138 valence electrons. The van der Waals surface area contributed by atoms with Gasteiger partial charge in [0.2, 0.25) is 0 Å². The molecule has 0 saturated heterocycles. The number of hydrogen-bond acceptors (Lipinski definition) is 5. The highest BCUT2D eigenvalue weighted by Crippen LogP contribution is 2.08. The van der Waals surface area contributed by atoms with Gasteiger partial charge in [0, 0.05) is 37.6 Å². The van der Waals surface area contributed by atoms with Crippen LogP contribution in [0.1, 0.15) is 19.8 Å². The van der Waals surface area contributed by atoms with Crippen LogP contribution < -0.4 is 0 Å². The molecule has 25 heavy (non-hydrogen) atoms. The third-order valence-corrected chi connectivity index (χ3v) is 3.25. The molecule has 1 aromatic carbocycles. The van der Waals surface area contributed by atoms with Gasteiger partial charge < -0.3 is 9.80 Å². The van der Waals surface area contributed by atoms with Crippen LogP contribution in [0.5, 0.6) is 0 Å². The fourth-order valence-corrected chi connectivity index (χ4v) is 2.11. The molecule has 2 heterocycles. The van der Waals surface area contributed by atoms with Crippen molar-refractivity contribution >= 4 is 21.3 Å². The van der Waals surface area contributed by atoms with Crippen molar-refractivity contribution in [2.24, 2.45) is 0 Å². The average Bonchev–Trinajstić information content (AvgIpc) is 2.97. The molecule has 0 aliphatic carbocycles. The van der Waals surface area contributed by atoms with Crippen LogP contribution >= 0.6 is 0 Å². The highest BCUT2D eigenvalue weighted by Gasteiger charge is 2.05. The van der Waals surface area contributed by atoms with Crippen molar-refractivity contribution in [3.8, 4) is 0 Å². The fourth-order valence-electron chi connectivity index (χ4n) is 2.11. The van der Waals surface area contributed by atoms with Gasteiger partial charge in [-0.3, -0.25) is 14.1 Å². The summed E-state index contributed by atoms with van der Waals surface area (Å²) >= 11 is 0. The number of nitrogens with zero attached hydrogens (tertiary/aromatic N) is 3. The van der Waals surface area contributed by atoms with E-state index in [4.69, 9.17) is 17.5 Å². The van der Waals surface area contributed by atoms with Crippen molar-refractivity contribution in [2.45, 2.75) is 19.8 Å². The zero-order valence-electron chi connectivity index (χ0n) is 14.5. The summed E-state index contributed by atoms with van der Waals surface area (Å²) in [6.45, 7) is 4.50. The minimum Gasteiger partial charge on any atom is -0.362 e. The van der Waals surface area contributed by atoms with Crippen LogP contribution in [0.3, 0.4) is 0 Å². The highest BCUT2D eigenvalue weighted by atomic mass is 32.3. The Morgan fingerprint density at radius 2 is 1.76 bits per heavy atom. The van der Waals surface area contributed by atoms with Crippen LogP contribution in [0.15, 0.2) is 55.0 Å². The monoisotopic (exact) mass is 367 g/mol. The Kier molecular flexibility index (Phi) is 8.90. The summed E-state index contributed by atoms with van der Waals surface area (Å²) in [6, 6.07) is 12.1. The molecule has 0 spiro atoms. The van der Waals surface area contributed by atoms with E-state index in [1.165, 1.54) is 24.8 Å². The second kappa shape index (κ2) is 10.7. The predicted molar refractivity (Wildman–Crippen MR) is 99.3 cm³/mol. The summed E-state index contributed by atoms with van der Waals surface area (Å²) in [5, 5.41) is 1.20. The van der Waals surface area contributed by atoms with Gasteiger partial charge in [-0.25, -0.2) is 0 Å². The van der Waals surface area contributed by atoms with E-state index in [0.717, 1.165) is 12.2 Å². The smallest absolute Gasteiger partial charge is 0.362 e. The largest absolute Gasteiger partial charge is 0.394 e. The number of fused-ring (bicyclic) bond motifs is 1. The van der Waals surface area contributed by atoms with E-state index in [9.17, 15) is 0 Å². The lowest BCUT2D eigenvalue weighted by molar-refractivity contribution is 0.293. The van der Waals surface area contributed by atoms with Crippen LogP contribution in [0.4, 0.5) is 0 Å². The molecule has 3 rings (SSSR count). The van der Waals surface area contributed by atoms with E-state index >= 15 is 0 Å². The van der Waals surface area contributed by atoms with Crippen LogP contribution in [0.2, 0.25) is 0 Å². The van der Waals surface area contributed by atoms with Gasteiger partial charge in [-0.15, -0.1) is 0 Å². The molecule has 0 fully saturated rings. The van der Waals surface area contributed by atoms with E-state index in [1.54, 1.807) is 0 Å². The highest BCUT2D eigenvalue weighted by molar-refractivity contribution is 7.79. The van der Waals surface area contributed by atoms with Crippen LogP contribution in [-0.2, 0) is 10.4 Å². The van der Waals surface area contributed by atoms with Gasteiger partial charge in [0.1, 0.15) is 0 Å². The molecule has 1 aromatic heterocycles. The van der Waals surface area contributed by atoms with Crippen molar-refractivity contribution in [2.75, 3.05) is 20.3 Å². The Morgan fingerprint density at radius 3 is 2.32 bits per heavy atom. The first-order valence-electron chi connectivity index (χ1n) is 7.92. The first kappa shape index (κ1) is 20.9. The number of unbranched alkanes of at least 4 members (excludes halogenated alkanes) is 1. The van der Waals surface area contributed by atoms with E-state index in [2.05, 4.69) is 53.3 Å². The standard InChI is InChI=1S/C9H7N.C8H16N2.H2O4S/c1-2-6-9-8(4-1)5-3-7-10-9;1-3-4-5-10-7-6-9(2)8-10;1-5(2,3)4/h1-7H;6-7H,3-5,8H2,1-2H3;(H2,1,2,3,4). The quantitative estimate of drug-likeness (QED) is 0.805. The third-order valence-electron chi connectivity index (χ3n) is 3.25. The summed E-state index contributed by atoms with van der Waals surface area (Å²) in [4.78, 5) is 8.71. The van der Waals surface area contributed by atoms with Crippen molar-refractivity contribution in [1.82, 2.24) is 14.8 Å². The number of pyridine rings is 1. The van der Waals surface area contributed by atoms with Crippen molar-refractivity contribution in [3.63, 3.8) is 0 Å². The molecule has 7 nitrogen and oxygen atoms in total. The van der Waals surface area contributed by atoms with Gasteiger partial charge >= 0.3 is 10.4 Å². The Morgan fingerprint density at radius 1 is 1.12 bits per heavy atom. The summed E-state index contributed by atoms with van der Waals surface area (Å²) < 4.78 is 31.6. The van der Waals surface area contributed by atoms with Gasteiger partial charge in [-0.1, -0.05) is 37.6 Å². The molecule has 1 aliphatic rings. The Hall–Kier alpha value is -2.16. The molecule has 0 amide bonds. The minimum absolute atomic E-state index is 1.06. The number of benzene rings is 1. The summed E-state index contributed by atoms with van der Waals surface area (Å²) in [5.41, 5.74) is 1.06. The first-order chi connectivity index (χ1) is 11.8. The Bertz CT molecular complexity index is 692. The summed E-state index contributed by atoms with van der Waals surface area (Å²) in [7, 11) is -2.57. The normalized spacial score (nSPS) is 13.1. The molecular weight excluding hydrogens is 342 g/mol. The van der Waals surface area contributed by atoms with Crippen LogP contribution in [-0.4, -0.2) is 52.6 Å². The third kappa shape index (κ3) is 10.3. The zero-order valence-corrected chi connectivity index (χ0v) is 15.3. The Balaban J connectivity index is 0.000000200. The molecule has 0 bridgehead atoms. The first-order valence-corrected chi connectivity index (χ1v) is 9.31. The molecule has 1 aliphatic heterocycles. The van der Waals surface area contributed by atoms with Crippen LogP contribution in [0, 0.1) is 0 Å². The maximum Gasteiger partial charge on any atom is 0.394 e. The fraction of sp³-hybridized carbons (Fsp3) is 0.353. The summed E-state index contributed by atoms with van der Waals surface area (Å²) in [6.07, 6.45) is 8.68. The van der Waals surface area contributed by atoms with Gasteiger partial charge in [0.15, 0.2) is 0 Å². The molecule has 8 heteroatoms.